The predicted octanol–water partition coefficient (Wildman–Crippen LogP) is 10.7. The molecule has 218 valence electrons. The number of hydrogen-bond donors (Lipinski definition) is 0. The Hall–Kier alpha value is 0.260. The summed E-state index contributed by atoms with van der Waals surface area (Å²) in [5.41, 5.74) is 0. The molecule has 37 heavy (non-hydrogen) atoms. The van der Waals surface area contributed by atoms with Crippen LogP contribution in [0.25, 0.3) is 16.0 Å². The van der Waals surface area contributed by atoms with Crippen molar-refractivity contribution in [2.45, 2.75) is 171 Å². The molecule has 6 heteroatoms. The van der Waals surface area contributed by atoms with Gasteiger partial charge in [0.15, 0.2) is 0 Å². The van der Waals surface area contributed by atoms with Gasteiger partial charge in [0.25, 0.3) is 0 Å². The molecule has 0 saturated heterocycles. The van der Waals surface area contributed by atoms with Gasteiger partial charge in [-0.05, 0) is 13.1 Å². The molecule has 0 heterocycles. The number of hydrogen-bond acceptors (Lipinski definition) is 0. The van der Waals surface area contributed by atoms with Crippen LogP contribution in [0.15, 0.2) is 24.3 Å². The number of halogens is 1. The van der Waals surface area contributed by atoms with E-state index in [0.717, 1.165) is 5.19 Å². The van der Waals surface area contributed by atoms with E-state index in [1.165, 1.54) is 38.5 Å². The van der Waals surface area contributed by atoms with Gasteiger partial charge in [0.2, 0.25) is 8.41 Å². The Morgan fingerprint density at radius 1 is 0.541 bits per heavy atom. The zero-order valence-corrected chi connectivity index (χ0v) is 30.7. The Morgan fingerprint density at radius 2 is 0.730 bits per heavy atom. The van der Waals surface area contributed by atoms with Gasteiger partial charge in [-0.25, -0.2) is 12.1 Å². The summed E-state index contributed by atoms with van der Waals surface area (Å²) in [5.74, 6) is 0. The maximum absolute atomic E-state index is 13.1. The van der Waals surface area contributed by atoms with Crippen molar-refractivity contribution in [3.8, 4) is 0 Å². The van der Waals surface area contributed by atoms with Crippen LogP contribution in [-0.2, 0) is 26.2 Å². The van der Waals surface area contributed by atoms with Crippen LogP contribution < -0.4 is 5.19 Å². The van der Waals surface area contributed by atoms with Crippen LogP contribution in [-0.4, -0.2) is 44.7 Å². The van der Waals surface area contributed by atoms with Crippen LogP contribution in [0.4, 0.5) is 4.11 Å². The average Bonchev–Trinajstić information content (AvgIpc) is 3.40. The van der Waals surface area contributed by atoms with Crippen molar-refractivity contribution < 1.29 is 30.3 Å². The molecule has 0 N–H and O–H groups in total. The van der Waals surface area contributed by atoms with E-state index in [1.54, 1.807) is 13.1 Å². The fourth-order valence-corrected chi connectivity index (χ4v) is 3.69. The second-order valence-corrected chi connectivity index (χ2v) is 14.2. The zero-order valence-electron chi connectivity index (χ0n) is 27.2. The minimum Gasteiger partial charge on any atom is -0.657 e. The minimum atomic E-state index is -2.48. The average molecular weight is 617 g/mol. The molecular formula is C31H64FN3SiZr. The van der Waals surface area contributed by atoms with E-state index in [-0.39, 0.29) is 26.2 Å². The monoisotopic (exact) mass is 615 g/mol. The summed E-state index contributed by atoms with van der Waals surface area (Å²) in [6, 6.07) is 10.8. The third kappa shape index (κ3) is 30.7. The molecule has 0 aliphatic rings. The molecule has 0 aliphatic carbocycles. The zero-order chi connectivity index (χ0) is 28.7. The first-order chi connectivity index (χ1) is 16.7. The topological polar surface area (TPSA) is 42.3 Å². The Bertz CT molecular complexity index is 484. The van der Waals surface area contributed by atoms with Gasteiger partial charge in [-0.15, -0.1) is 41.4 Å². The molecular weight excluding hydrogens is 553 g/mol. The molecule has 0 spiro atoms. The van der Waals surface area contributed by atoms with E-state index >= 15 is 0 Å². The van der Waals surface area contributed by atoms with Gasteiger partial charge in [0.05, 0.1) is 0 Å². The summed E-state index contributed by atoms with van der Waals surface area (Å²) in [5, 5.41) is 14.4. The Morgan fingerprint density at radius 3 is 0.838 bits per heavy atom. The first kappa shape index (κ1) is 44.3. The van der Waals surface area contributed by atoms with Crippen molar-refractivity contribution in [2.24, 2.45) is 0 Å². The maximum Gasteiger partial charge on any atom is 4.00 e. The van der Waals surface area contributed by atoms with Gasteiger partial charge in [0, 0.05) is 0 Å². The predicted molar refractivity (Wildman–Crippen MR) is 169 cm³/mol. The quantitative estimate of drug-likeness (QED) is 0.120. The summed E-state index contributed by atoms with van der Waals surface area (Å²) in [6.45, 7) is 29.5. The molecule has 0 radical (unpaired) electrons. The summed E-state index contributed by atoms with van der Waals surface area (Å²) < 4.78 is 13.1. The standard InChI is InChI=1S/3C8H18N.C7H10FSi.Zr/c3*1-5-7(3)9-8(4)6-2;1-9(2,8)7-5-3-4-6-7;/h3*7-8H,5-6H2,1-4H3;3-6H,1-2H3;/q4*-1;+4. The summed E-state index contributed by atoms with van der Waals surface area (Å²) >= 11 is 0. The minimum absolute atomic E-state index is 0. The first-order valence-electron chi connectivity index (χ1n) is 14.7. The van der Waals surface area contributed by atoms with Crippen molar-refractivity contribution in [3.63, 3.8) is 0 Å². The molecule has 0 saturated carbocycles. The molecule has 3 nitrogen and oxygen atoms in total. The van der Waals surface area contributed by atoms with Crippen molar-refractivity contribution in [3.05, 3.63) is 40.2 Å². The molecule has 0 aliphatic heterocycles. The van der Waals surface area contributed by atoms with Crippen LogP contribution in [0.3, 0.4) is 0 Å². The summed E-state index contributed by atoms with van der Waals surface area (Å²) in [6.07, 6.45) is 7.03. The van der Waals surface area contributed by atoms with E-state index < -0.39 is 8.41 Å². The molecule has 1 rings (SSSR count). The van der Waals surface area contributed by atoms with Gasteiger partial charge in [0.1, 0.15) is 0 Å². The molecule has 6 atom stereocenters. The SMILES string of the molecule is CCC(C)[N-]C(C)CC.CCC(C)[N-]C(C)CC.CCC(C)[N-]C(C)CC.C[Si](C)(F)[c-]1cccc1.[Zr+4]. The summed E-state index contributed by atoms with van der Waals surface area (Å²) in [4.78, 5) is 0. The Kier molecular flexibility index (Phi) is 33.3. The normalized spacial score (nSPS) is 15.5. The Labute approximate surface area is 254 Å². The van der Waals surface area contributed by atoms with Crippen molar-refractivity contribution in [1.82, 2.24) is 0 Å². The smallest absolute Gasteiger partial charge is 0.657 e. The first-order valence-corrected chi connectivity index (χ1v) is 17.6. The van der Waals surface area contributed by atoms with Gasteiger partial charge in [-0.2, -0.15) is 12.1 Å². The fraction of sp³-hybridized carbons (Fsp3) is 0.839. The fourth-order valence-electron chi connectivity index (χ4n) is 2.71. The van der Waals surface area contributed by atoms with E-state index in [1.807, 2.05) is 24.3 Å². The van der Waals surface area contributed by atoms with Crippen LogP contribution in [0.1, 0.15) is 122 Å². The van der Waals surface area contributed by atoms with E-state index in [9.17, 15) is 4.11 Å². The summed E-state index contributed by atoms with van der Waals surface area (Å²) in [7, 11) is -2.48. The molecule has 0 fully saturated rings. The second-order valence-electron chi connectivity index (χ2n) is 10.6. The molecule has 0 aromatic heterocycles. The second kappa shape index (κ2) is 27.8. The number of rotatable bonds is 13. The van der Waals surface area contributed by atoms with E-state index in [0.29, 0.717) is 36.3 Å². The molecule has 1 aromatic carbocycles. The van der Waals surface area contributed by atoms with Crippen LogP contribution in [0.2, 0.25) is 13.1 Å². The largest absolute Gasteiger partial charge is 4.00 e. The van der Waals surface area contributed by atoms with Crippen molar-refractivity contribution in [1.29, 1.82) is 0 Å². The van der Waals surface area contributed by atoms with Crippen LogP contribution >= 0.6 is 0 Å². The Balaban J connectivity index is -0.000000194. The van der Waals surface area contributed by atoms with Gasteiger partial charge >= 0.3 is 26.2 Å². The van der Waals surface area contributed by atoms with Gasteiger partial charge < -0.3 is 20.1 Å². The van der Waals surface area contributed by atoms with Crippen LogP contribution in [0, 0.1) is 0 Å². The van der Waals surface area contributed by atoms with Crippen molar-refractivity contribution in [2.75, 3.05) is 0 Å². The number of nitrogens with zero attached hydrogens (tertiary/aromatic N) is 3. The van der Waals surface area contributed by atoms with Gasteiger partial charge in [-0.1, -0.05) is 122 Å². The third-order valence-corrected chi connectivity index (χ3v) is 8.13. The molecule has 0 bridgehead atoms. The molecule has 0 amide bonds. The third-order valence-electron chi connectivity index (χ3n) is 6.42. The van der Waals surface area contributed by atoms with Crippen LogP contribution in [0.5, 0.6) is 0 Å². The molecule has 1 aromatic rings. The van der Waals surface area contributed by atoms with E-state index in [2.05, 4.69) is 99.0 Å². The van der Waals surface area contributed by atoms with Gasteiger partial charge in [-0.3, -0.25) is 0 Å². The van der Waals surface area contributed by atoms with Crippen molar-refractivity contribution >= 4 is 13.6 Å². The van der Waals surface area contributed by atoms with E-state index in [4.69, 9.17) is 0 Å². The molecule has 6 unspecified atom stereocenters. The maximum atomic E-state index is 13.1.